The molecule has 0 aliphatic carbocycles. The van der Waals surface area contributed by atoms with E-state index >= 15 is 0 Å². The Labute approximate surface area is 335 Å². The Balaban J connectivity index is 1.89. The van der Waals surface area contributed by atoms with Crippen LogP contribution in [0, 0.1) is 11.2 Å². The van der Waals surface area contributed by atoms with Crippen molar-refractivity contribution in [2.75, 3.05) is 17.2 Å². The number of alkyl carbamates (subject to hydrolysis) is 2. The zero-order chi connectivity index (χ0) is 42.7. The van der Waals surface area contributed by atoms with Crippen LogP contribution < -0.4 is 26.0 Å². The monoisotopic (exact) mass is 791 g/mol. The summed E-state index contributed by atoms with van der Waals surface area (Å²) in [4.78, 5) is 50.9. The summed E-state index contributed by atoms with van der Waals surface area (Å²) in [6, 6.07) is 13.9. The first-order valence-electron chi connectivity index (χ1n) is 18.9. The summed E-state index contributed by atoms with van der Waals surface area (Å²) in [6.07, 6.45) is -0.692. The number of esters is 1. The van der Waals surface area contributed by atoms with E-state index in [2.05, 4.69) is 21.3 Å². The quantitative estimate of drug-likeness (QED) is 0.0463. The highest BCUT2D eigenvalue weighted by atomic mass is 19.1. The van der Waals surface area contributed by atoms with Gasteiger partial charge in [0.1, 0.15) is 34.2 Å². The molecular formula is C43H58FN5O8. The first-order chi connectivity index (χ1) is 26.4. The van der Waals surface area contributed by atoms with E-state index in [0.717, 1.165) is 22.8 Å². The van der Waals surface area contributed by atoms with Crippen LogP contribution in [0.3, 0.4) is 0 Å². The summed E-state index contributed by atoms with van der Waals surface area (Å²) in [6.45, 7) is 20.2. The molecule has 3 aromatic rings. The summed E-state index contributed by atoms with van der Waals surface area (Å²) < 4.78 is 37.1. The number of rotatable bonds is 14. The minimum atomic E-state index is -0.767. The van der Waals surface area contributed by atoms with Crippen LogP contribution in [0.4, 0.5) is 25.4 Å². The topological polar surface area (TPSA) is 177 Å². The van der Waals surface area contributed by atoms with Crippen LogP contribution in [0.2, 0.25) is 0 Å². The van der Waals surface area contributed by atoms with Crippen molar-refractivity contribution in [2.45, 2.75) is 125 Å². The number of ether oxygens (including phenoxy) is 4. The Morgan fingerprint density at radius 3 is 1.98 bits per heavy atom. The lowest BCUT2D eigenvalue weighted by Gasteiger charge is -2.22. The van der Waals surface area contributed by atoms with Crippen molar-refractivity contribution in [1.82, 2.24) is 10.6 Å². The third-order valence-electron chi connectivity index (χ3n) is 7.56. The molecule has 3 aromatic carbocycles. The molecule has 0 bridgehead atoms. The summed E-state index contributed by atoms with van der Waals surface area (Å²) in [5, 5.41) is 19.4. The number of amides is 3. The molecule has 310 valence electrons. The fourth-order valence-corrected chi connectivity index (χ4v) is 5.40. The molecule has 0 heterocycles. The fraction of sp³-hybridized carbons (Fsp3) is 0.465. The normalized spacial score (nSPS) is 11.7. The highest BCUT2D eigenvalue weighted by molar-refractivity contribution is 6.08. The smallest absolute Gasteiger partial charge is 0.413 e. The van der Waals surface area contributed by atoms with Gasteiger partial charge in [0.25, 0.3) is 5.91 Å². The molecule has 3 rings (SSSR count). The maximum Gasteiger partial charge on any atom is 0.413 e. The lowest BCUT2D eigenvalue weighted by molar-refractivity contribution is -0.154. The van der Waals surface area contributed by atoms with E-state index in [-0.39, 0.29) is 43.0 Å². The van der Waals surface area contributed by atoms with E-state index in [1.165, 1.54) is 12.1 Å². The molecule has 5 N–H and O–H groups in total. The largest absolute Gasteiger partial charge is 0.491 e. The van der Waals surface area contributed by atoms with Crippen molar-refractivity contribution in [1.29, 1.82) is 5.41 Å². The van der Waals surface area contributed by atoms with Crippen molar-refractivity contribution >= 4 is 41.3 Å². The summed E-state index contributed by atoms with van der Waals surface area (Å²) in [5.41, 5.74) is 1.44. The van der Waals surface area contributed by atoms with Crippen LogP contribution in [-0.2, 0) is 38.4 Å². The van der Waals surface area contributed by atoms with Crippen LogP contribution in [0.15, 0.2) is 54.6 Å². The maximum absolute atomic E-state index is 14.6. The van der Waals surface area contributed by atoms with Gasteiger partial charge in [-0.2, -0.15) is 0 Å². The van der Waals surface area contributed by atoms with Gasteiger partial charge < -0.3 is 34.9 Å². The van der Waals surface area contributed by atoms with Crippen molar-refractivity contribution in [3.63, 3.8) is 0 Å². The third-order valence-corrected chi connectivity index (χ3v) is 7.56. The Hall–Kier alpha value is -5.66. The second-order valence-electron chi connectivity index (χ2n) is 16.7. The molecule has 14 heteroatoms. The van der Waals surface area contributed by atoms with Gasteiger partial charge in [-0.05, 0) is 154 Å². The van der Waals surface area contributed by atoms with E-state index in [9.17, 15) is 23.6 Å². The summed E-state index contributed by atoms with van der Waals surface area (Å²) in [5.74, 6) is -1.20. The molecule has 0 spiro atoms. The highest BCUT2D eigenvalue weighted by Crippen LogP contribution is 2.30. The minimum Gasteiger partial charge on any atom is -0.491 e. The number of hydrogen-bond donors (Lipinski definition) is 5. The van der Waals surface area contributed by atoms with Crippen LogP contribution in [0.25, 0.3) is 0 Å². The van der Waals surface area contributed by atoms with Crippen LogP contribution in [0.5, 0.6) is 5.75 Å². The number of nitrogens with one attached hydrogen (secondary N) is 5. The Morgan fingerprint density at radius 2 is 1.39 bits per heavy atom. The molecular weight excluding hydrogens is 733 g/mol. The standard InChI is InChI=1S/C43H58FN5O8/c1-26(2)54-35-23-27(20-21-46-39(52)56-42(6,7)8)22-29(32(35)17-19-36(50)55-41(3,4)5)25-47-34-18-14-30(44)24-33(34)38(51)48-31-15-12-28(13-16-31)37(45)49-40(53)57-43(9,10)11/h12-16,18,22-24,26,47H,17,19-21,25H2,1-11H3,(H,46,52)(H,48,51)(H2,45,49,53). The van der Waals surface area contributed by atoms with Crippen molar-refractivity contribution in [3.05, 3.63) is 88.2 Å². The van der Waals surface area contributed by atoms with Gasteiger partial charge in [-0.15, -0.1) is 0 Å². The zero-order valence-corrected chi connectivity index (χ0v) is 35.0. The van der Waals surface area contributed by atoms with Gasteiger partial charge in [0.15, 0.2) is 0 Å². The first-order valence-corrected chi connectivity index (χ1v) is 18.9. The molecule has 0 atom stereocenters. The molecule has 0 aliphatic heterocycles. The molecule has 0 saturated heterocycles. The third kappa shape index (κ3) is 16.5. The predicted molar refractivity (Wildman–Crippen MR) is 219 cm³/mol. The van der Waals surface area contributed by atoms with Gasteiger partial charge >= 0.3 is 18.2 Å². The number of hydrogen-bond acceptors (Lipinski definition) is 10. The van der Waals surface area contributed by atoms with Crippen molar-refractivity contribution < 1.29 is 42.5 Å². The molecule has 0 fully saturated rings. The van der Waals surface area contributed by atoms with Gasteiger partial charge in [0.05, 0.1) is 11.7 Å². The van der Waals surface area contributed by atoms with Crippen molar-refractivity contribution in [3.8, 4) is 5.75 Å². The average Bonchev–Trinajstić information content (AvgIpc) is 3.04. The van der Waals surface area contributed by atoms with Gasteiger partial charge in [-0.1, -0.05) is 6.07 Å². The lowest BCUT2D eigenvalue weighted by atomic mass is 9.96. The van der Waals surface area contributed by atoms with Crippen LogP contribution in [-0.4, -0.2) is 59.4 Å². The zero-order valence-electron chi connectivity index (χ0n) is 35.0. The Bertz CT molecular complexity index is 1910. The van der Waals surface area contributed by atoms with Gasteiger partial charge in [0.2, 0.25) is 0 Å². The van der Waals surface area contributed by atoms with Crippen LogP contribution in [0.1, 0.15) is 115 Å². The van der Waals surface area contributed by atoms with Gasteiger partial charge in [-0.3, -0.25) is 20.3 Å². The minimum absolute atomic E-state index is 0.0325. The summed E-state index contributed by atoms with van der Waals surface area (Å²) >= 11 is 0. The first kappa shape index (κ1) is 45.7. The SMILES string of the molecule is CC(C)Oc1cc(CCNC(=O)OC(C)(C)C)cc(CNc2ccc(F)cc2C(=O)Nc2ccc(C(=N)NC(=O)OC(C)(C)C)cc2)c1CCC(=O)OC(C)(C)C. The maximum atomic E-state index is 14.6. The van der Waals surface area contributed by atoms with E-state index in [0.29, 0.717) is 35.5 Å². The van der Waals surface area contributed by atoms with E-state index in [1.807, 2.05) is 26.0 Å². The molecule has 0 saturated carbocycles. The molecule has 0 aliphatic rings. The summed E-state index contributed by atoms with van der Waals surface area (Å²) in [7, 11) is 0. The Morgan fingerprint density at radius 1 is 0.772 bits per heavy atom. The molecule has 0 radical (unpaired) electrons. The predicted octanol–water partition coefficient (Wildman–Crippen LogP) is 8.67. The molecule has 0 aromatic heterocycles. The average molecular weight is 792 g/mol. The van der Waals surface area contributed by atoms with Crippen LogP contribution >= 0.6 is 0 Å². The molecule has 0 unspecified atom stereocenters. The van der Waals surface area contributed by atoms with E-state index in [1.54, 1.807) is 86.6 Å². The highest BCUT2D eigenvalue weighted by Gasteiger charge is 2.22. The number of benzene rings is 3. The fourth-order valence-electron chi connectivity index (χ4n) is 5.40. The van der Waals surface area contributed by atoms with Crippen molar-refractivity contribution in [2.24, 2.45) is 0 Å². The molecule has 13 nitrogen and oxygen atoms in total. The Kier molecular flexibility index (Phi) is 15.6. The number of carbonyl (C=O) groups excluding carboxylic acids is 4. The van der Waals surface area contributed by atoms with E-state index in [4.69, 9.17) is 24.4 Å². The van der Waals surface area contributed by atoms with E-state index < -0.39 is 40.7 Å². The number of carbonyl (C=O) groups is 4. The van der Waals surface area contributed by atoms with Gasteiger partial charge in [-0.25, -0.2) is 14.0 Å². The number of halogens is 1. The molecule has 57 heavy (non-hydrogen) atoms. The lowest BCUT2D eigenvalue weighted by Crippen LogP contribution is -2.36. The number of anilines is 2. The second kappa shape index (κ2) is 19.5. The number of amidine groups is 1. The second-order valence-corrected chi connectivity index (χ2v) is 16.7. The van der Waals surface area contributed by atoms with Gasteiger partial charge in [0, 0.05) is 36.4 Å². The molecule has 3 amide bonds.